The molecule has 0 unspecified atom stereocenters. The Bertz CT molecular complexity index is 900. The van der Waals surface area contributed by atoms with E-state index in [9.17, 15) is 13.2 Å². The molecule has 0 radical (unpaired) electrons. The predicted octanol–water partition coefficient (Wildman–Crippen LogP) is 2.31. The molecule has 0 aliphatic carbocycles. The molecule has 0 fully saturated rings. The normalized spacial score (nSPS) is 14.3. The number of benzene rings is 1. The zero-order valence-corrected chi connectivity index (χ0v) is 13.9. The molecule has 126 valence electrons. The average Bonchev–Trinajstić information content (AvgIpc) is 3.18. The number of furan rings is 1. The number of amidine groups is 1. The van der Waals surface area contributed by atoms with Crippen LogP contribution in [-0.2, 0) is 10.0 Å². The number of nitrogens with one attached hydrogen (secondary N) is 2. The van der Waals surface area contributed by atoms with E-state index in [1.165, 1.54) is 18.4 Å². The molecule has 1 amide bonds. The van der Waals surface area contributed by atoms with Gasteiger partial charge in [-0.15, -0.1) is 0 Å². The zero-order valence-electron chi connectivity index (χ0n) is 13.1. The minimum atomic E-state index is -3.72. The van der Waals surface area contributed by atoms with Crippen molar-refractivity contribution in [2.75, 3.05) is 11.9 Å². The molecule has 1 aliphatic heterocycles. The Morgan fingerprint density at radius 1 is 1.29 bits per heavy atom. The molecule has 2 heterocycles. The predicted molar refractivity (Wildman–Crippen MR) is 89.7 cm³/mol. The van der Waals surface area contributed by atoms with Crippen LogP contribution >= 0.6 is 0 Å². The van der Waals surface area contributed by atoms with Crippen LogP contribution in [0.3, 0.4) is 0 Å². The summed E-state index contributed by atoms with van der Waals surface area (Å²) in [6.07, 6.45) is 2.89. The highest BCUT2D eigenvalue weighted by Crippen LogP contribution is 2.18. The molecule has 2 aromatic rings. The van der Waals surface area contributed by atoms with Crippen LogP contribution in [0.4, 0.5) is 5.69 Å². The van der Waals surface area contributed by atoms with Crippen molar-refractivity contribution in [3.63, 3.8) is 0 Å². The van der Waals surface area contributed by atoms with Crippen molar-refractivity contribution in [1.82, 2.24) is 4.72 Å². The minimum absolute atomic E-state index is 0.0612. The second kappa shape index (κ2) is 6.48. The Balaban J connectivity index is 1.79. The SMILES string of the molecule is Cc1ccoc1C(=O)Nc1cccc(S(=O)(=O)NC2=NCCC2)c1. The highest BCUT2D eigenvalue weighted by molar-refractivity contribution is 7.90. The molecule has 0 saturated heterocycles. The second-order valence-electron chi connectivity index (χ2n) is 5.45. The van der Waals surface area contributed by atoms with Gasteiger partial charge in [0.1, 0.15) is 5.84 Å². The minimum Gasteiger partial charge on any atom is -0.459 e. The number of sulfonamides is 1. The van der Waals surface area contributed by atoms with E-state index in [0.29, 0.717) is 30.1 Å². The fourth-order valence-electron chi connectivity index (χ4n) is 2.37. The first-order chi connectivity index (χ1) is 11.5. The van der Waals surface area contributed by atoms with Gasteiger partial charge in [0.2, 0.25) is 0 Å². The van der Waals surface area contributed by atoms with E-state index < -0.39 is 15.9 Å². The van der Waals surface area contributed by atoms with Gasteiger partial charge in [-0.05, 0) is 37.6 Å². The van der Waals surface area contributed by atoms with Gasteiger partial charge in [-0.1, -0.05) is 6.07 Å². The van der Waals surface area contributed by atoms with Crippen molar-refractivity contribution >= 4 is 27.5 Å². The van der Waals surface area contributed by atoms with Crippen LogP contribution in [0, 0.1) is 6.92 Å². The fraction of sp³-hybridized carbons (Fsp3) is 0.250. The Hall–Kier alpha value is -2.61. The highest BCUT2D eigenvalue weighted by atomic mass is 32.2. The van der Waals surface area contributed by atoms with Crippen molar-refractivity contribution < 1.29 is 17.6 Å². The molecule has 1 aromatic carbocycles. The van der Waals surface area contributed by atoms with Crippen LogP contribution in [0.15, 0.2) is 50.9 Å². The lowest BCUT2D eigenvalue weighted by Crippen LogP contribution is -2.29. The molecule has 0 spiro atoms. The molecular formula is C16H17N3O4S. The van der Waals surface area contributed by atoms with E-state index in [1.807, 2.05) is 0 Å². The van der Waals surface area contributed by atoms with Crippen molar-refractivity contribution in [3.8, 4) is 0 Å². The van der Waals surface area contributed by atoms with E-state index >= 15 is 0 Å². The monoisotopic (exact) mass is 347 g/mol. The molecule has 24 heavy (non-hydrogen) atoms. The molecule has 3 rings (SSSR count). The first kappa shape index (κ1) is 16.3. The number of aryl methyl sites for hydroxylation is 1. The number of hydrogen-bond donors (Lipinski definition) is 2. The lowest BCUT2D eigenvalue weighted by Gasteiger charge is -2.09. The maximum absolute atomic E-state index is 12.4. The molecule has 1 aromatic heterocycles. The Kier molecular flexibility index (Phi) is 4.39. The summed E-state index contributed by atoms with van der Waals surface area (Å²) >= 11 is 0. The molecular weight excluding hydrogens is 330 g/mol. The number of aliphatic imine (C=N–C) groups is 1. The van der Waals surface area contributed by atoms with Crippen LogP contribution in [-0.4, -0.2) is 26.7 Å². The number of carbonyl (C=O) groups is 1. The molecule has 0 bridgehead atoms. The summed E-state index contributed by atoms with van der Waals surface area (Å²) in [5.41, 5.74) is 1.07. The summed E-state index contributed by atoms with van der Waals surface area (Å²) in [7, 11) is -3.72. The van der Waals surface area contributed by atoms with Crippen molar-refractivity contribution in [1.29, 1.82) is 0 Å². The van der Waals surface area contributed by atoms with E-state index in [2.05, 4.69) is 15.0 Å². The van der Waals surface area contributed by atoms with Crippen LogP contribution < -0.4 is 10.0 Å². The maximum Gasteiger partial charge on any atom is 0.291 e. The summed E-state index contributed by atoms with van der Waals surface area (Å²) in [6.45, 7) is 2.39. The Morgan fingerprint density at radius 2 is 2.12 bits per heavy atom. The zero-order chi connectivity index (χ0) is 17.2. The lowest BCUT2D eigenvalue weighted by atomic mass is 10.2. The van der Waals surface area contributed by atoms with Crippen LogP contribution in [0.1, 0.15) is 29.0 Å². The van der Waals surface area contributed by atoms with E-state index in [-0.39, 0.29) is 10.7 Å². The topological polar surface area (TPSA) is 101 Å². The quantitative estimate of drug-likeness (QED) is 0.886. The number of carbonyl (C=O) groups excluding carboxylic acids is 1. The smallest absolute Gasteiger partial charge is 0.291 e. The summed E-state index contributed by atoms with van der Waals surface area (Å²) in [5, 5.41) is 2.64. The van der Waals surface area contributed by atoms with E-state index in [0.717, 1.165) is 6.42 Å². The third kappa shape index (κ3) is 3.48. The highest BCUT2D eigenvalue weighted by Gasteiger charge is 2.19. The van der Waals surface area contributed by atoms with Crippen LogP contribution in [0.25, 0.3) is 0 Å². The Labute approximate surface area is 139 Å². The van der Waals surface area contributed by atoms with Crippen LogP contribution in [0.5, 0.6) is 0 Å². The van der Waals surface area contributed by atoms with Gasteiger partial charge >= 0.3 is 0 Å². The van der Waals surface area contributed by atoms with Gasteiger partial charge in [0.15, 0.2) is 5.76 Å². The lowest BCUT2D eigenvalue weighted by molar-refractivity contribution is 0.0996. The number of rotatable bonds is 4. The number of hydrogen-bond acceptors (Lipinski definition) is 5. The number of amides is 1. The van der Waals surface area contributed by atoms with Gasteiger partial charge in [-0.2, -0.15) is 0 Å². The number of nitrogens with zero attached hydrogens (tertiary/aromatic N) is 1. The van der Waals surface area contributed by atoms with Gasteiger partial charge in [0, 0.05) is 24.2 Å². The van der Waals surface area contributed by atoms with Gasteiger partial charge in [-0.25, -0.2) is 8.42 Å². The largest absolute Gasteiger partial charge is 0.459 e. The Morgan fingerprint density at radius 3 is 2.79 bits per heavy atom. The summed E-state index contributed by atoms with van der Waals surface area (Å²) < 4.78 is 32.4. The van der Waals surface area contributed by atoms with Crippen molar-refractivity contribution in [3.05, 3.63) is 47.9 Å². The molecule has 8 heteroatoms. The third-order valence-electron chi connectivity index (χ3n) is 3.60. The van der Waals surface area contributed by atoms with Gasteiger partial charge in [-0.3, -0.25) is 14.5 Å². The second-order valence-corrected chi connectivity index (χ2v) is 7.13. The first-order valence-electron chi connectivity index (χ1n) is 7.47. The average molecular weight is 347 g/mol. The van der Waals surface area contributed by atoms with E-state index in [4.69, 9.17) is 4.42 Å². The maximum atomic E-state index is 12.4. The van der Waals surface area contributed by atoms with Gasteiger partial charge in [0.05, 0.1) is 11.2 Å². The summed E-state index contributed by atoms with van der Waals surface area (Å²) in [4.78, 5) is 16.3. The third-order valence-corrected chi connectivity index (χ3v) is 4.98. The fourth-order valence-corrected chi connectivity index (χ4v) is 3.51. The number of anilines is 1. The molecule has 0 saturated carbocycles. The molecule has 1 aliphatic rings. The molecule has 7 nitrogen and oxygen atoms in total. The standard InChI is InChI=1S/C16H17N3O4S/c1-11-7-9-23-15(11)16(20)18-12-4-2-5-13(10-12)24(21,22)19-14-6-3-8-17-14/h2,4-5,7,9-10H,3,6,8H2,1H3,(H,17,19)(H,18,20). The van der Waals surface area contributed by atoms with Gasteiger partial charge in [0.25, 0.3) is 15.9 Å². The first-order valence-corrected chi connectivity index (χ1v) is 8.96. The van der Waals surface area contributed by atoms with Crippen LogP contribution in [0.2, 0.25) is 0 Å². The van der Waals surface area contributed by atoms with Crippen molar-refractivity contribution in [2.45, 2.75) is 24.7 Å². The summed E-state index contributed by atoms with van der Waals surface area (Å²) in [6, 6.07) is 7.72. The van der Waals surface area contributed by atoms with E-state index in [1.54, 1.807) is 25.1 Å². The molecule has 0 atom stereocenters. The summed E-state index contributed by atoms with van der Waals surface area (Å²) in [5.74, 6) is 0.234. The van der Waals surface area contributed by atoms with Crippen molar-refractivity contribution in [2.24, 2.45) is 4.99 Å². The van der Waals surface area contributed by atoms with Gasteiger partial charge < -0.3 is 9.73 Å². The molecule has 2 N–H and O–H groups in total.